The first-order chi connectivity index (χ1) is 11.5. The summed E-state index contributed by atoms with van der Waals surface area (Å²) in [4.78, 5) is 0.395. The Morgan fingerprint density at radius 3 is 2.50 bits per heavy atom. The van der Waals surface area contributed by atoms with Gasteiger partial charge in [-0.1, -0.05) is 36.7 Å². The van der Waals surface area contributed by atoms with Gasteiger partial charge in [0.1, 0.15) is 0 Å². The molecule has 0 saturated carbocycles. The van der Waals surface area contributed by atoms with Crippen molar-refractivity contribution in [3.8, 4) is 0 Å². The zero-order valence-electron chi connectivity index (χ0n) is 13.8. The van der Waals surface area contributed by atoms with Crippen molar-refractivity contribution in [2.75, 3.05) is 6.54 Å². The predicted octanol–water partition coefficient (Wildman–Crippen LogP) is 4.43. The number of aryl methyl sites for hydroxylation is 2. The molecule has 0 bridgehead atoms. The second-order valence-electron chi connectivity index (χ2n) is 6.20. The molecule has 0 radical (unpaired) electrons. The molecule has 0 N–H and O–H groups in total. The van der Waals surface area contributed by atoms with Gasteiger partial charge in [0.2, 0.25) is 10.0 Å². The topological polar surface area (TPSA) is 37.4 Å². The van der Waals surface area contributed by atoms with Crippen LogP contribution < -0.4 is 0 Å². The maximum atomic E-state index is 13.0. The van der Waals surface area contributed by atoms with E-state index in [0.717, 1.165) is 24.8 Å². The highest BCUT2D eigenvalue weighted by Crippen LogP contribution is 2.26. The summed E-state index contributed by atoms with van der Waals surface area (Å²) in [6.45, 7) is 2.61. The van der Waals surface area contributed by atoms with Crippen molar-refractivity contribution in [1.82, 2.24) is 4.31 Å². The minimum atomic E-state index is -3.51. The molecule has 5 heteroatoms. The summed E-state index contributed by atoms with van der Waals surface area (Å²) in [6, 6.07) is 12.9. The average Bonchev–Trinajstić information content (AvgIpc) is 2.59. The van der Waals surface area contributed by atoms with Gasteiger partial charge in [-0.05, 0) is 66.6 Å². The molecular formula is C19H22ClNO2S. The van der Waals surface area contributed by atoms with E-state index in [1.54, 1.807) is 12.1 Å². The average molecular weight is 364 g/mol. The maximum absolute atomic E-state index is 13.0. The quantitative estimate of drug-likeness (QED) is 0.788. The molecular weight excluding hydrogens is 342 g/mol. The second kappa shape index (κ2) is 7.26. The normalized spacial score (nSPS) is 14.6. The van der Waals surface area contributed by atoms with E-state index in [4.69, 9.17) is 11.6 Å². The summed E-state index contributed by atoms with van der Waals surface area (Å²) in [7, 11) is -3.51. The molecule has 0 fully saturated rings. The van der Waals surface area contributed by atoms with Gasteiger partial charge in [0.15, 0.2) is 0 Å². The van der Waals surface area contributed by atoms with Crippen molar-refractivity contribution >= 4 is 21.6 Å². The van der Waals surface area contributed by atoms with Crippen LogP contribution in [0.3, 0.4) is 0 Å². The van der Waals surface area contributed by atoms with Crippen LogP contribution in [-0.2, 0) is 29.4 Å². The summed E-state index contributed by atoms with van der Waals surface area (Å²) in [5, 5.41) is 0.620. The van der Waals surface area contributed by atoms with E-state index < -0.39 is 10.0 Å². The molecule has 0 atom stereocenters. The summed E-state index contributed by atoms with van der Waals surface area (Å²) < 4.78 is 27.6. The standard InChI is InChI=1S/C19H22ClNO2S/c1-2-21(14-15-6-5-9-18(20)12-15)24(22,23)19-11-10-16-7-3-4-8-17(16)13-19/h5-6,9-13H,2-4,7-8,14H2,1H3. The molecule has 0 unspecified atom stereocenters. The molecule has 2 aromatic carbocycles. The van der Waals surface area contributed by atoms with Crippen molar-refractivity contribution in [2.45, 2.75) is 44.0 Å². The Labute approximate surface area is 149 Å². The SMILES string of the molecule is CCN(Cc1cccc(Cl)c1)S(=O)(=O)c1ccc2c(c1)CCCC2. The van der Waals surface area contributed by atoms with Gasteiger partial charge in [0.25, 0.3) is 0 Å². The predicted molar refractivity (Wildman–Crippen MR) is 97.8 cm³/mol. The molecule has 0 amide bonds. The van der Waals surface area contributed by atoms with Gasteiger partial charge in [-0.3, -0.25) is 0 Å². The lowest BCUT2D eigenvalue weighted by atomic mass is 9.92. The monoisotopic (exact) mass is 363 g/mol. The lowest BCUT2D eigenvalue weighted by Crippen LogP contribution is -2.30. The Balaban J connectivity index is 1.89. The first-order valence-corrected chi connectivity index (χ1v) is 10.2. The zero-order chi connectivity index (χ0) is 17.2. The molecule has 0 saturated heterocycles. The number of hydrogen-bond acceptors (Lipinski definition) is 2. The molecule has 128 valence electrons. The number of rotatable bonds is 5. The smallest absolute Gasteiger partial charge is 0.207 e. The highest BCUT2D eigenvalue weighted by atomic mass is 35.5. The molecule has 3 rings (SSSR count). The van der Waals surface area contributed by atoms with E-state index in [2.05, 4.69) is 0 Å². The Bertz CT molecular complexity index is 833. The van der Waals surface area contributed by atoms with Crippen molar-refractivity contribution in [1.29, 1.82) is 0 Å². The third-order valence-corrected chi connectivity index (χ3v) is 6.71. The number of fused-ring (bicyclic) bond motifs is 1. The van der Waals surface area contributed by atoms with E-state index in [9.17, 15) is 8.42 Å². The number of sulfonamides is 1. The Morgan fingerprint density at radius 1 is 1.04 bits per heavy atom. The number of benzene rings is 2. The van der Waals surface area contributed by atoms with Crippen molar-refractivity contribution in [2.24, 2.45) is 0 Å². The summed E-state index contributed by atoms with van der Waals surface area (Å²) in [6.07, 6.45) is 4.35. The highest BCUT2D eigenvalue weighted by Gasteiger charge is 2.24. The Hall–Kier alpha value is -1.36. The molecule has 1 aliphatic rings. The van der Waals surface area contributed by atoms with E-state index >= 15 is 0 Å². The minimum Gasteiger partial charge on any atom is -0.207 e. The summed E-state index contributed by atoms with van der Waals surface area (Å²) >= 11 is 6.01. The van der Waals surface area contributed by atoms with Gasteiger partial charge < -0.3 is 0 Å². The van der Waals surface area contributed by atoms with Crippen LogP contribution in [0, 0.1) is 0 Å². The van der Waals surface area contributed by atoms with E-state index in [0.29, 0.717) is 23.0 Å². The van der Waals surface area contributed by atoms with Crippen LogP contribution in [0.1, 0.15) is 36.5 Å². The van der Waals surface area contributed by atoms with E-state index in [1.165, 1.54) is 21.9 Å². The molecule has 0 aromatic heterocycles. The molecule has 0 heterocycles. The number of nitrogens with zero attached hydrogens (tertiary/aromatic N) is 1. The van der Waals surface area contributed by atoms with Gasteiger partial charge in [0.05, 0.1) is 4.90 Å². The Kier molecular flexibility index (Phi) is 5.28. The van der Waals surface area contributed by atoms with Crippen molar-refractivity contribution < 1.29 is 8.42 Å². The number of halogens is 1. The lowest BCUT2D eigenvalue weighted by Gasteiger charge is -2.22. The molecule has 1 aliphatic carbocycles. The highest BCUT2D eigenvalue weighted by molar-refractivity contribution is 7.89. The fourth-order valence-corrected chi connectivity index (χ4v) is 4.93. The molecule has 2 aromatic rings. The molecule has 0 spiro atoms. The Morgan fingerprint density at radius 2 is 1.79 bits per heavy atom. The fraction of sp³-hybridized carbons (Fsp3) is 0.368. The first-order valence-electron chi connectivity index (χ1n) is 8.37. The van der Waals surface area contributed by atoms with Crippen molar-refractivity contribution in [3.63, 3.8) is 0 Å². The van der Waals surface area contributed by atoms with Gasteiger partial charge in [-0.15, -0.1) is 0 Å². The second-order valence-corrected chi connectivity index (χ2v) is 8.57. The van der Waals surface area contributed by atoms with Gasteiger partial charge in [-0.2, -0.15) is 4.31 Å². The summed E-state index contributed by atoms with van der Waals surface area (Å²) in [5.74, 6) is 0. The van der Waals surface area contributed by atoms with Crippen LogP contribution in [0.4, 0.5) is 0 Å². The minimum absolute atomic E-state index is 0.330. The van der Waals surface area contributed by atoms with E-state index in [1.807, 2.05) is 37.3 Å². The van der Waals surface area contributed by atoms with Crippen LogP contribution in [0.2, 0.25) is 5.02 Å². The maximum Gasteiger partial charge on any atom is 0.243 e. The van der Waals surface area contributed by atoms with Crippen LogP contribution >= 0.6 is 11.6 Å². The van der Waals surface area contributed by atoms with Crippen LogP contribution in [0.5, 0.6) is 0 Å². The zero-order valence-corrected chi connectivity index (χ0v) is 15.4. The number of hydrogen-bond donors (Lipinski definition) is 0. The van der Waals surface area contributed by atoms with Gasteiger partial charge >= 0.3 is 0 Å². The molecule has 0 aliphatic heterocycles. The largest absolute Gasteiger partial charge is 0.243 e. The fourth-order valence-electron chi connectivity index (χ4n) is 3.23. The van der Waals surface area contributed by atoms with Crippen LogP contribution in [-0.4, -0.2) is 19.3 Å². The van der Waals surface area contributed by atoms with Crippen LogP contribution in [0.25, 0.3) is 0 Å². The van der Waals surface area contributed by atoms with Crippen molar-refractivity contribution in [3.05, 3.63) is 64.2 Å². The van der Waals surface area contributed by atoms with Crippen LogP contribution in [0.15, 0.2) is 47.4 Å². The summed E-state index contributed by atoms with van der Waals surface area (Å²) in [5.41, 5.74) is 3.37. The lowest BCUT2D eigenvalue weighted by molar-refractivity contribution is 0.423. The van der Waals surface area contributed by atoms with Gasteiger partial charge in [-0.25, -0.2) is 8.42 Å². The molecule has 3 nitrogen and oxygen atoms in total. The van der Waals surface area contributed by atoms with E-state index in [-0.39, 0.29) is 0 Å². The van der Waals surface area contributed by atoms with Gasteiger partial charge in [0, 0.05) is 18.1 Å². The third kappa shape index (κ3) is 3.66. The first kappa shape index (κ1) is 17.5. The third-order valence-electron chi connectivity index (χ3n) is 4.56. The molecule has 24 heavy (non-hydrogen) atoms.